The zero-order valence-electron chi connectivity index (χ0n) is 13.3. The minimum Gasteiger partial charge on any atom is -0.341 e. The van der Waals surface area contributed by atoms with Crippen LogP contribution in [0.2, 0.25) is 0 Å². The maximum absolute atomic E-state index is 12.6. The Labute approximate surface area is 154 Å². The van der Waals surface area contributed by atoms with Gasteiger partial charge in [-0.15, -0.1) is 11.3 Å². The van der Waals surface area contributed by atoms with Crippen LogP contribution in [0.25, 0.3) is 0 Å². The average molecular weight is 407 g/mol. The molecule has 1 aromatic heterocycles. The first-order chi connectivity index (χ1) is 11.6. The van der Waals surface area contributed by atoms with E-state index in [2.05, 4.69) is 15.9 Å². The molecule has 1 aromatic carbocycles. The molecule has 3 rings (SSSR count). The molecule has 1 saturated heterocycles. The molecule has 24 heavy (non-hydrogen) atoms. The molecule has 0 aliphatic carbocycles. The van der Waals surface area contributed by atoms with E-state index in [4.69, 9.17) is 0 Å². The Morgan fingerprint density at radius 3 is 2.42 bits per heavy atom. The molecule has 4 nitrogen and oxygen atoms in total. The van der Waals surface area contributed by atoms with Gasteiger partial charge < -0.3 is 9.80 Å². The van der Waals surface area contributed by atoms with Crippen LogP contribution in [0.3, 0.4) is 0 Å². The summed E-state index contributed by atoms with van der Waals surface area (Å²) in [6.45, 7) is 2.60. The van der Waals surface area contributed by atoms with E-state index in [1.165, 1.54) is 0 Å². The molecular weight excluding hydrogens is 388 g/mol. The highest BCUT2D eigenvalue weighted by molar-refractivity contribution is 9.10. The van der Waals surface area contributed by atoms with E-state index < -0.39 is 0 Å². The summed E-state index contributed by atoms with van der Waals surface area (Å²) >= 11 is 4.99. The molecule has 1 fully saturated rings. The second-order valence-electron chi connectivity index (χ2n) is 5.79. The summed E-state index contributed by atoms with van der Waals surface area (Å²) < 4.78 is 0.959. The van der Waals surface area contributed by atoms with Crippen molar-refractivity contribution >= 4 is 39.1 Å². The number of halogens is 1. The van der Waals surface area contributed by atoms with E-state index in [1.54, 1.807) is 11.3 Å². The zero-order chi connectivity index (χ0) is 16.9. The number of hydrogen-bond acceptors (Lipinski definition) is 3. The van der Waals surface area contributed by atoms with Gasteiger partial charge in [0.25, 0.3) is 5.91 Å². The molecular formula is C18H19BrN2O2S. The fourth-order valence-corrected chi connectivity index (χ4v) is 3.78. The molecule has 1 aliphatic heterocycles. The second-order valence-corrected chi connectivity index (χ2v) is 7.74. The summed E-state index contributed by atoms with van der Waals surface area (Å²) in [6, 6.07) is 11.4. The lowest BCUT2D eigenvalue weighted by atomic mass is 10.2. The fraction of sp³-hybridized carbons (Fsp3) is 0.333. The van der Waals surface area contributed by atoms with Crippen LogP contribution in [-0.4, -0.2) is 47.8 Å². The van der Waals surface area contributed by atoms with Crippen molar-refractivity contribution in [1.29, 1.82) is 0 Å². The van der Waals surface area contributed by atoms with E-state index >= 15 is 0 Å². The van der Waals surface area contributed by atoms with Gasteiger partial charge in [0.15, 0.2) is 0 Å². The average Bonchev–Trinajstić information content (AvgIpc) is 2.96. The van der Waals surface area contributed by atoms with Gasteiger partial charge in [0.2, 0.25) is 5.91 Å². The third kappa shape index (κ3) is 4.24. The highest BCUT2D eigenvalue weighted by Crippen LogP contribution is 2.15. The molecule has 0 atom stereocenters. The predicted octanol–water partition coefficient (Wildman–Crippen LogP) is 3.43. The van der Waals surface area contributed by atoms with Gasteiger partial charge >= 0.3 is 0 Å². The van der Waals surface area contributed by atoms with Crippen LogP contribution in [0.5, 0.6) is 0 Å². The van der Waals surface area contributed by atoms with Gasteiger partial charge in [-0.2, -0.15) is 0 Å². The molecule has 0 bridgehead atoms. The summed E-state index contributed by atoms with van der Waals surface area (Å²) in [4.78, 5) is 29.9. The lowest BCUT2D eigenvalue weighted by molar-refractivity contribution is -0.130. The largest absolute Gasteiger partial charge is 0.341 e. The number of rotatable bonds is 3. The minimum atomic E-state index is 0.0371. The van der Waals surface area contributed by atoms with Gasteiger partial charge in [-0.3, -0.25) is 9.59 Å². The standard InChI is InChI=1S/C18H19BrN2O2S/c19-15-6-4-14(5-7-15)18(23)21-9-2-8-20(10-11-21)17(22)13-16-3-1-12-24-16/h1,3-7,12H,2,8-11,13H2. The number of carbonyl (C=O) groups is 2. The van der Waals surface area contributed by atoms with Crippen molar-refractivity contribution in [3.8, 4) is 0 Å². The Hall–Kier alpha value is -1.66. The lowest BCUT2D eigenvalue weighted by Crippen LogP contribution is -2.37. The topological polar surface area (TPSA) is 40.6 Å². The Morgan fingerprint density at radius 2 is 1.71 bits per heavy atom. The van der Waals surface area contributed by atoms with Gasteiger partial charge in [-0.05, 0) is 42.1 Å². The zero-order valence-corrected chi connectivity index (χ0v) is 15.7. The summed E-state index contributed by atoms with van der Waals surface area (Å²) in [6.07, 6.45) is 1.27. The summed E-state index contributed by atoms with van der Waals surface area (Å²) in [5.74, 6) is 0.186. The van der Waals surface area contributed by atoms with E-state index in [0.717, 1.165) is 15.8 Å². The van der Waals surface area contributed by atoms with E-state index in [0.29, 0.717) is 38.2 Å². The molecule has 0 N–H and O–H groups in total. The van der Waals surface area contributed by atoms with Crippen molar-refractivity contribution in [3.05, 3.63) is 56.7 Å². The highest BCUT2D eigenvalue weighted by atomic mass is 79.9. The van der Waals surface area contributed by atoms with Gasteiger partial charge in [0.1, 0.15) is 0 Å². The van der Waals surface area contributed by atoms with Crippen molar-refractivity contribution in [2.45, 2.75) is 12.8 Å². The summed E-state index contributed by atoms with van der Waals surface area (Å²) in [5, 5.41) is 1.99. The van der Waals surface area contributed by atoms with Crippen LogP contribution in [0, 0.1) is 0 Å². The van der Waals surface area contributed by atoms with Crippen molar-refractivity contribution in [1.82, 2.24) is 9.80 Å². The molecule has 126 valence electrons. The third-order valence-electron chi connectivity index (χ3n) is 4.13. The van der Waals surface area contributed by atoms with Gasteiger partial charge in [0.05, 0.1) is 6.42 Å². The molecule has 1 aliphatic rings. The van der Waals surface area contributed by atoms with E-state index in [9.17, 15) is 9.59 Å². The third-order valence-corrected chi connectivity index (χ3v) is 5.54. The van der Waals surface area contributed by atoms with Crippen LogP contribution in [-0.2, 0) is 11.2 Å². The molecule has 0 radical (unpaired) electrons. The number of thiophene rings is 1. The Bertz CT molecular complexity index is 700. The Balaban J connectivity index is 1.59. The molecule has 2 aromatic rings. The maximum atomic E-state index is 12.6. The van der Waals surface area contributed by atoms with Crippen LogP contribution in [0.15, 0.2) is 46.3 Å². The number of hydrogen-bond donors (Lipinski definition) is 0. The first-order valence-corrected chi connectivity index (χ1v) is 9.66. The first kappa shape index (κ1) is 17.2. The van der Waals surface area contributed by atoms with Crippen LogP contribution < -0.4 is 0 Å². The lowest BCUT2D eigenvalue weighted by Gasteiger charge is -2.22. The van der Waals surface area contributed by atoms with Gasteiger partial charge in [-0.1, -0.05) is 22.0 Å². The van der Waals surface area contributed by atoms with Crippen LogP contribution >= 0.6 is 27.3 Å². The number of nitrogens with zero attached hydrogens (tertiary/aromatic N) is 2. The molecule has 2 amide bonds. The van der Waals surface area contributed by atoms with Crippen molar-refractivity contribution in [2.75, 3.05) is 26.2 Å². The number of carbonyl (C=O) groups excluding carboxylic acids is 2. The van der Waals surface area contributed by atoms with E-state index in [-0.39, 0.29) is 11.8 Å². The highest BCUT2D eigenvalue weighted by Gasteiger charge is 2.23. The molecule has 0 spiro atoms. The SMILES string of the molecule is O=C(Cc1cccs1)N1CCCN(C(=O)c2ccc(Br)cc2)CC1. The quantitative estimate of drug-likeness (QED) is 0.783. The van der Waals surface area contributed by atoms with Crippen molar-refractivity contribution < 1.29 is 9.59 Å². The van der Waals surface area contributed by atoms with Crippen molar-refractivity contribution in [2.24, 2.45) is 0 Å². The van der Waals surface area contributed by atoms with Gasteiger partial charge in [0, 0.05) is 41.1 Å². The van der Waals surface area contributed by atoms with Crippen LogP contribution in [0.4, 0.5) is 0 Å². The number of benzene rings is 1. The van der Waals surface area contributed by atoms with Crippen LogP contribution in [0.1, 0.15) is 21.7 Å². The van der Waals surface area contributed by atoms with E-state index in [1.807, 2.05) is 51.6 Å². The Kier molecular flexibility index (Phi) is 5.68. The molecule has 0 unspecified atom stereocenters. The Morgan fingerprint density at radius 1 is 1.00 bits per heavy atom. The number of amides is 2. The summed E-state index contributed by atoms with van der Waals surface area (Å²) in [5.41, 5.74) is 0.691. The minimum absolute atomic E-state index is 0.0371. The maximum Gasteiger partial charge on any atom is 0.253 e. The molecule has 6 heteroatoms. The van der Waals surface area contributed by atoms with Gasteiger partial charge in [-0.25, -0.2) is 0 Å². The first-order valence-electron chi connectivity index (χ1n) is 7.98. The molecule has 2 heterocycles. The smallest absolute Gasteiger partial charge is 0.253 e. The molecule has 0 saturated carbocycles. The van der Waals surface area contributed by atoms with Crippen molar-refractivity contribution in [3.63, 3.8) is 0 Å². The monoisotopic (exact) mass is 406 g/mol. The summed E-state index contributed by atoms with van der Waals surface area (Å²) in [7, 11) is 0. The second kappa shape index (κ2) is 7.94. The predicted molar refractivity (Wildman–Crippen MR) is 99.3 cm³/mol. The fourth-order valence-electron chi connectivity index (χ4n) is 2.82. The normalized spacial score (nSPS) is 15.2.